The number of anilines is 1. The molecule has 7 heteroatoms. The first-order valence-electron chi connectivity index (χ1n) is 5.61. The van der Waals surface area contributed by atoms with Gasteiger partial charge >= 0.3 is 12.3 Å². The van der Waals surface area contributed by atoms with Crippen LogP contribution in [0.15, 0.2) is 30.3 Å². The molecule has 0 heterocycles. The van der Waals surface area contributed by atoms with E-state index in [-0.39, 0.29) is 19.5 Å². The highest BCUT2D eigenvalue weighted by Crippen LogP contribution is 2.17. The molecule has 0 spiro atoms. The van der Waals surface area contributed by atoms with Gasteiger partial charge < -0.3 is 10.0 Å². The average molecular weight is 277 g/mol. The number of rotatable bonds is 7. The zero-order chi connectivity index (χ0) is 14.3. The third-order valence-corrected chi connectivity index (χ3v) is 2.34. The normalized spacial score (nSPS) is 11.3. The molecule has 0 amide bonds. The largest absolute Gasteiger partial charge is 0.522 e. The fraction of sp³-hybridized carbons (Fsp3) is 0.417. The summed E-state index contributed by atoms with van der Waals surface area (Å²) in [5.41, 5.74) is 0.662. The number of hydrogen-bond acceptors (Lipinski definition) is 3. The zero-order valence-electron chi connectivity index (χ0n) is 10.1. The summed E-state index contributed by atoms with van der Waals surface area (Å²) in [4.78, 5) is 12.1. The van der Waals surface area contributed by atoms with Gasteiger partial charge in [0.1, 0.15) is 0 Å². The minimum Gasteiger partial charge on any atom is -0.481 e. The van der Waals surface area contributed by atoms with Gasteiger partial charge in [0.05, 0.1) is 13.0 Å². The molecule has 0 unspecified atom stereocenters. The number of carboxylic acids is 1. The van der Waals surface area contributed by atoms with Crippen LogP contribution in [0.5, 0.6) is 0 Å². The van der Waals surface area contributed by atoms with E-state index in [1.54, 1.807) is 35.2 Å². The van der Waals surface area contributed by atoms with Gasteiger partial charge in [-0.1, -0.05) is 18.2 Å². The summed E-state index contributed by atoms with van der Waals surface area (Å²) < 4.78 is 39.4. The number of para-hydroxylation sites is 1. The molecule has 0 aliphatic heterocycles. The summed E-state index contributed by atoms with van der Waals surface area (Å²) in [5, 5.41) is 8.63. The lowest BCUT2D eigenvalue weighted by atomic mass is 10.2. The van der Waals surface area contributed by atoms with Crippen LogP contribution < -0.4 is 4.90 Å². The Hall–Kier alpha value is -1.76. The second-order valence-electron chi connectivity index (χ2n) is 3.76. The summed E-state index contributed by atoms with van der Waals surface area (Å²) in [6.07, 6.45) is -4.82. The molecule has 4 nitrogen and oxygen atoms in total. The van der Waals surface area contributed by atoms with E-state index in [1.807, 2.05) is 0 Å². The third-order valence-electron chi connectivity index (χ3n) is 2.34. The van der Waals surface area contributed by atoms with Crippen LogP contribution in [-0.2, 0) is 9.53 Å². The van der Waals surface area contributed by atoms with Crippen LogP contribution in [0.1, 0.15) is 6.42 Å². The number of halogens is 3. The predicted octanol–water partition coefficient (Wildman–Crippen LogP) is 2.50. The maximum absolute atomic E-state index is 11.9. The molecule has 1 aromatic carbocycles. The molecule has 1 rings (SSSR count). The van der Waals surface area contributed by atoms with Gasteiger partial charge in [-0.2, -0.15) is 0 Å². The first-order valence-corrected chi connectivity index (χ1v) is 5.61. The Bertz CT molecular complexity index is 395. The van der Waals surface area contributed by atoms with Crippen molar-refractivity contribution in [1.82, 2.24) is 0 Å². The molecular weight excluding hydrogens is 263 g/mol. The number of ether oxygens (including phenoxy) is 1. The minimum absolute atomic E-state index is 0.0309. The smallest absolute Gasteiger partial charge is 0.481 e. The standard InChI is InChI=1S/C12H14F3NO3/c13-12(14,15)19-9-8-16(7-6-11(17)18)10-4-2-1-3-5-10/h1-5H,6-9H2,(H,17,18). The number of alkyl halides is 3. The Morgan fingerprint density at radius 2 is 1.84 bits per heavy atom. The Morgan fingerprint density at radius 1 is 1.21 bits per heavy atom. The fourth-order valence-electron chi connectivity index (χ4n) is 1.51. The van der Waals surface area contributed by atoms with Crippen LogP contribution in [0.2, 0.25) is 0 Å². The Balaban J connectivity index is 2.57. The van der Waals surface area contributed by atoms with Crippen LogP contribution in [-0.4, -0.2) is 37.1 Å². The predicted molar refractivity (Wildman–Crippen MR) is 62.9 cm³/mol. The number of benzene rings is 1. The van der Waals surface area contributed by atoms with Gasteiger partial charge in [-0.05, 0) is 12.1 Å². The van der Waals surface area contributed by atoms with Crippen LogP contribution in [0.25, 0.3) is 0 Å². The number of nitrogens with zero attached hydrogens (tertiary/aromatic N) is 1. The lowest BCUT2D eigenvalue weighted by Crippen LogP contribution is -2.31. The quantitative estimate of drug-likeness (QED) is 0.832. The third kappa shape index (κ3) is 6.66. The van der Waals surface area contributed by atoms with Gasteiger partial charge in [-0.15, -0.1) is 13.2 Å². The second kappa shape index (κ2) is 6.98. The van der Waals surface area contributed by atoms with Crippen molar-refractivity contribution in [2.45, 2.75) is 12.8 Å². The summed E-state index contributed by atoms with van der Waals surface area (Å²) in [5.74, 6) is -1.00. The minimum atomic E-state index is -4.67. The van der Waals surface area contributed by atoms with E-state index in [1.165, 1.54) is 0 Å². The summed E-state index contributed by atoms with van der Waals surface area (Å²) in [7, 11) is 0. The zero-order valence-corrected chi connectivity index (χ0v) is 10.1. The van der Waals surface area contributed by atoms with Gasteiger partial charge in [-0.3, -0.25) is 9.53 Å². The van der Waals surface area contributed by atoms with Crippen molar-refractivity contribution in [3.05, 3.63) is 30.3 Å². The monoisotopic (exact) mass is 277 g/mol. The highest BCUT2D eigenvalue weighted by atomic mass is 19.4. The molecule has 106 valence electrons. The maximum Gasteiger partial charge on any atom is 0.522 e. The van der Waals surface area contributed by atoms with Crippen molar-refractivity contribution in [1.29, 1.82) is 0 Å². The van der Waals surface area contributed by atoms with E-state index in [4.69, 9.17) is 5.11 Å². The lowest BCUT2D eigenvalue weighted by molar-refractivity contribution is -0.323. The number of carbonyl (C=O) groups is 1. The molecule has 1 aromatic rings. The van der Waals surface area contributed by atoms with E-state index < -0.39 is 18.9 Å². The van der Waals surface area contributed by atoms with Gasteiger partial charge in [0.2, 0.25) is 0 Å². The summed E-state index contributed by atoms with van der Waals surface area (Å²) in [6, 6.07) is 8.64. The average Bonchev–Trinajstić information content (AvgIpc) is 2.33. The van der Waals surface area contributed by atoms with Crippen molar-refractivity contribution >= 4 is 11.7 Å². The van der Waals surface area contributed by atoms with Gasteiger partial charge in [0.15, 0.2) is 0 Å². The van der Waals surface area contributed by atoms with E-state index >= 15 is 0 Å². The molecule has 0 bridgehead atoms. The first kappa shape index (κ1) is 15.3. The van der Waals surface area contributed by atoms with Gasteiger partial charge in [0.25, 0.3) is 0 Å². The van der Waals surface area contributed by atoms with Crippen LogP contribution in [0.3, 0.4) is 0 Å². The van der Waals surface area contributed by atoms with Gasteiger partial charge in [0, 0.05) is 18.8 Å². The van der Waals surface area contributed by atoms with Crippen LogP contribution >= 0.6 is 0 Å². The number of hydrogen-bond donors (Lipinski definition) is 1. The molecule has 0 aromatic heterocycles. The molecular formula is C12H14F3NO3. The highest BCUT2D eigenvalue weighted by Gasteiger charge is 2.28. The van der Waals surface area contributed by atoms with E-state index in [0.717, 1.165) is 0 Å². The van der Waals surface area contributed by atoms with Crippen molar-refractivity contribution in [2.24, 2.45) is 0 Å². The molecule has 0 aliphatic rings. The van der Waals surface area contributed by atoms with E-state index in [9.17, 15) is 18.0 Å². The summed E-state index contributed by atoms with van der Waals surface area (Å²) >= 11 is 0. The van der Waals surface area contributed by atoms with E-state index in [0.29, 0.717) is 5.69 Å². The van der Waals surface area contributed by atoms with Crippen LogP contribution in [0.4, 0.5) is 18.9 Å². The molecule has 0 aliphatic carbocycles. The Morgan fingerprint density at radius 3 is 2.37 bits per heavy atom. The summed E-state index contributed by atoms with van der Waals surface area (Å²) in [6.45, 7) is -0.449. The van der Waals surface area contributed by atoms with Gasteiger partial charge in [-0.25, -0.2) is 0 Å². The first-order chi connectivity index (χ1) is 8.88. The number of aliphatic carboxylic acids is 1. The molecule has 0 saturated heterocycles. The lowest BCUT2D eigenvalue weighted by Gasteiger charge is -2.24. The van der Waals surface area contributed by atoms with Crippen LogP contribution in [0, 0.1) is 0 Å². The SMILES string of the molecule is O=C(O)CCN(CCOC(F)(F)F)c1ccccc1. The molecule has 1 N–H and O–H groups in total. The number of carboxylic acid groups (broad SMARTS) is 1. The molecule has 0 fully saturated rings. The van der Waals surface area contributed by atoms with Crippen molar-refractivity contribution < 1.29 is 27.8 Å². The molecule has 19 heavy (non-hydrogen) atoms. The molecule has 0 atom stereocenters. The molecule has 0 saturated carbocycles. The highest BCUT2D eigenvalue weighted by molar-refractivity contribution is 5.67. The second-order valence-corrected chi connectivity index (χ2v) is 3.76. The molecule has 0 radical (unpaired) electrons. The van der Waals surface area contributed by atoms with Crippen molar-refractivity contribution in [3.8, 4) is 0 Å². The Labute approximate surface area is 108 Å². The Kier molecular flexibility index (Phi) is 5.62. The maximum atomic E-state index is 11.9. The van der Waals surface area contributed by atoms with Crippen molar-refractivity contribution in [3.63, 3.8) is 0 Å². The topological polar surface area (TPSA) is 49.8 Å². The van der Waals surface area contributed by atoms with Crippen molar-refractivity contribution in [2.75, 3.05) is 24.6 Å². The fourth-order valence-corrected chi connectivity index (χ4v) is 1.51. The van der Waals surface area contributed by atoms with E-state index in [2.05, 4.69) is 4.74 Å².